The van der Waals surface area contributed by atoms with Crippen LogP contribution in [0.3, 0.4) is 0 Å². The fourth-order valence-electron chi connectivity index (χ4n) is 1.36. The molecule has 3 nitrogen and oxygen atoms in total. The maximum atomic E-state index is 9.98. The van der Waals surface area contributed by atoms with Crippen molar-refractivity contribution in [2.45, 2.75) is 45.6 Å². The van der Waals surface area contributed by atoms with Gasteiger partial charge in [0.1, 0.15) is 6.10 Å². The molecule has 1 aromatic heterocycles. The van der Waals surface area contributed by atoms with Crippen molar-refractivity contribution < 1.29 is 5.11 Å². The molecule has 0 bridgehead atoms. The maximum Gasteiger partial charge on any atom is 0.113 e. The van der Waals surface area contributed by atoms with Crippen molar-refractivity contribution >= 4 is 11.3 Å². The van der Waals surface area contributed by atoms with E-state index in [-0.39, 0.29) is 11.3 Å². The highest BCUT2D eigenvalue weighted by atomic mass is 32.1. The number of nitriles is 1. The molecule has 0 spiro atoms. The molecular formula is C12H18N2OS. The highest BCUT2D eigenvalue weighted by Crippen LogP contribution is 2.30. The zero-order valence-electron chi connectivity index (χ0n) is 10.2. The van der Waals surface area contributed by atoms with E-state index in [2.05, 4.69) is 31.8 Å². The number of aliphatic hydroxyl groups excluding tert-OH is 1. The third-order valence-corrected chi connectivity index (χ3v) is 3.74. The first-order valence-electron chi connectivity index (χ1n) is 5.43. The SMILES string of the molecule is CCC(C#N)C(O)c1csc(C(C)(C)C)n1. The summed E-state index contributed by atoms with van der Waals surface area (Å²) < 4.78 is 0. The lowest BCUT2D eigenvalue weighted by atomic mass is 9.97. The van der Waals surface area contributed by atoms with E-state index in [1.165, 1.54) is 0 Å². The normalized spacial score (nSPS) is 15.5. The predicted octanol–water partition coefficient (Wildman–Crippen LogP) is 3.02. The molecule has 1 heterocycles. The fraction of sp³-hybridized carbons (Fsp3) is 0.667. The van der Waals surface area contributed by atoms with Crippen molar-refractivity contribution in [1.29, 1.82) is 5.26 Å². The molecule has 0 fully saturated rings. The van der Waals surface area contributed by atoms with Gasteiger partial charge in [0.2, 0.25) is 0 Å². The van der Waals surface area contributed by atoms with E-state index in [1.807, 2.05) is 12.3 Å². The number of nitrogens with zero attached hydrogens (tertiary/aromatic N) is 2. The van der Waals surface area contributed by atoms with Gasteiger partial charge in [-0.15, -0.1) is 11.3 Å². The summed E-state index contributed by atoms with van der Waals surface area (Å²) in [5.74, 6) is -0.366. The predicted molar refractivity (Wildman–Crippen MR) is 65.2 cm³/mol. The Morgan fingerprint density at radius 1 is 1.56 bits per heavy atom. The summed E-state index contributed by atoms with van der Waals surface area (Å²) in [5.41, 5.74) is 0.625. The van der Waals surface area contributed by atoms with Crippen molar-refractivity contribution in [1.82, 2.24) is 4.98 Å². The van der Waals surface area contributed by atoms with E-state index in [1.54, 1.807) is 11.3 Å². The monoisotopic (exact) mass is 238 g/mol. The molecule has 0 amide bonds. The van der Waals surface area contributed by atoms with E-state index >= 15 is 0 Å². The molecule has 4 heteroatoms. The average Bonchev–Trinajstić information content (AvgIpc) is 2.67. The van der Waals surface area contributed by atoms with Crippen LogP contribution in [0.25, 0.3) is 0 Å². The summed E-state index contributed by atoms with van der Waals surface area (Å²) in [6, 6.07) is 2.11. The zero-order chi connectivity index (χ0) is 12.3. The molecule has 0 aliphatic carbocycles. The summed E-state index contributed by atoms with van der Waals surface area (Å²) in [6.07, 6.45) is -0.123. The first-order valence-corrected chi connectivity index (χ1v) is 6.31. The van der Waals surface area contributed by atoms with E-state index < -0.39 is 6.10 Å². The van der Waals surface area contributed by atoms with Gasteiger partial charge in [0.25, 0.3) is 0 Å². The number of aliphatic hydroxyl groups is 1. The molecule has 1 N–H and O–H groups in total. The molecule has 2 atom stereocenters. The second-order valence-electron chi connectivity index (χ2n) is 4.92. The first kappa shape index (κ1) is 13.1. The van der Waals surface area contributed by atoms with Gasteiger partial charge >= 0.3 is 0 Å². The Kier molecular flexibility index (Phi) is 4.06. The van der Waals surface area contributed by atoms with E-state index in [0.29, 0.717) is 12.1 Å². The average molecular weight is 238 g/mol. The Labute approximate surface area is 101 Å². The number of thiazole rings is 1. The molecular weight excluding hydrogens is 220 g/mol. The third kappa shape index (κ3) is 2.81. The van der Waals surface area contributed by atoms with Crippen molar-refractivity contribution in [3.63, 3.8) is 0 Å². The molecule has 1 aromatic rings. The van der Waals surface area contributed by atoms with E-state index in [0.717, 1.165) is 5.01 Å². The molecule has 0 radical (unpaired) electrons. The lowest BCUT2D eigenvalue weighted by molar-refractivity contribution is 0.128. The fourth-order valence-corrected chi connectivity index (χ4v) is 2.29. The minimum absolute atomic E-state index is 0.00298. The Bertz CT molecular complexity index is 386. The molecule has 0 saturated heterocycles. The number of rotatable bonds is 3. The van der Waals surface area contributed by atoms with Gasteiger partial charge in [-0.05, 0) is 6.42 Å². The van der Waals surface area contributed by atoms with Crippen LogP contribution >= 0.6 is 11.3 Å². The second kappa shape index (κ2) is 4.94. The molecule has 0 aliphatic heterocycles. The molecule has 2 unspecified atom stereocenters. The highest BCUT2D eigenvalue weighted by molar-refractivity contribution is 7.09. The second-order valence-corrected chi connectivity index (χ2v) is 5.77. The van der Waals surface area contributed by atoms with Gasteiger partial charge in [-0.3, -0.25) is 0 Å². The van der Waals surface area contributed by atoms with Crippen LogP contribution in [0.15, 0.2) is 5.38 Å². The van der Waals surface area contributed by atoms with Gasteiger partial charge in [-0.1, -0.05) is 27.7 Å². The van der Waals surface area contributed by atoms with Gasteiger partial charge in [0, 0.05) is 10.8 Å². The van der Waals surface area contributed by atoms with Crippen LogP contribution in [0.2, 0.25) is 0 Å². The minimum Gasteiger partial charge on any atom is -0.385 e. The topological polar surface area (TPSA) is 56.9 Å². The van der Waals surface area contributed by atoms with E-state index in [4.69, 9.17) is 5.26 Å². The van der Waals surface area contributed by atoms with Crippen LogP contribution in [-0.2, 0) is 5.41 Å². The van der Waals surface area contributed by atoms with Gasteiger partial charge in [-0.25, -0.2) is 4.98 Å². The molecule has 0 aromatic carbocycles. The Morgan fingerprint density at radius 3 is 2.56 bits per heavy atom. The van der Waals surface area contributed by atoms with Gasteiger partial charge < -0.3 is 5.11 Å². The van der Waals surface area contributed by atoms with Crippen LogP contribution in [-0.4, -0.2) is 10.1 Å². The van der Waals surface area contributed by atoms with Crippen molar-refractivity contribution in [2.24, 2.45) is 5.92 Å². The molecule has 0 aliphatic rings. The summed E-state index contributed by atoms with van der Waals surface area (Å²) in [4.78, 5) is 4.42. The lowest BCUT2D eigenvalue weighted by Crippen LogP contribution is -2.13. The summed E-state index contributed by atoms with van der Waals surface area (Å²) >= 11 is 1.54. The van der Waals surface area contributed by atoms with Gasteiger partial charge in [0.05, 0.1) is 22.7 Å². The summed E-state index contributed by atoms with van der Waals surface area (Å²) in [7, 11) is 0. The number of hydrogen-bond acceptors (Lipinski definition) is 4. The molecule has 1 rings (SSSR count). The molecule has 0 saturated carbocycles. The number of hydrogen-bond donors (Lipinski definition) is 1. The van der Waals surface area contributed by atoms with Crippen molar-refractivity contribution in [2.75, 3.05) is 0 Å². The van der Waals surface area contributed by atoms with Crippen LogP contribution in [0.5, 0.6) is 0 Å². The van der Waals surface area contributed by atoms with Crippen LogP contribution in [0.4, 0.5) is 0 Å². The lowest BCUT2D eigenvalue weighted by Gasteiger charge is -2.15. The van der Waals surface area contributed by atoms with Crippen molar-refractivity contribution in [3.8, 4) is 6.07 Å². The quantitative estimate of drug-likeness (QED) is 0.880. The Hall–Kier alpha value is -0.920. The van der Waals surface area contributed by atoms with Crippen molar-refractivity contribution in [3.05, 3.63) is 16.1 Å². The largest absolute Gasteiger partial charge is 0.385 e. The Morgan fingerprint density at radius 2 is 2.19 bits per heavy atom. The van der Waals surface area contributed by atoms with E-state index in [9.17, 15) is 5.11 Å². The van der Waals surface area contributed by atoms with Crippen LogP contribution in [0.1, 0.15) is 50.9 Å². The van der Waals surface area contributed by atoms with Gasteiger partial charge in [-0.2, -0.15) is 5.26 Å². The summed E-state index contributed by atoms with van der Waals surface area (Å²) in [6.45, 7) is 8.16. The van der Waals surface area contributed by atoms with Gasteiger partial charge in [0.15, 0.2) is 0 Å². The molecule has 88 valence electrons. The third-order valence-electron chi connectivity index (χ3n) is 2.45. The van der Waals surface area contributed by atoms with Crippen LogP contribution in [0, 0.1) is 17.2 Å². The highest BCUT2D eigenvalue weighted by Gasteiger charge is 2.24. The zero-order valence-corrected chi connectivity index (χ0v) is 11.0. The first-order chi connectivity index (χ1) is 7.40. The smallest absolute Gasteiger partial charge is 0.113 e. The minimum atomic E-state index is -0.762. The maximum absolute atomic E-state index is 9.98. The summed E-state index contributed by atoms with van der Waals surface area (Å²) in [5, 5.41) is 21.7. The van der Waals surface area contributed by atoms with Crippen LogP contribution < -0.4 is 0 Å². The number of aromatic nitrogens is 1. The standard InChI is InChI=1S/C12H18N2OS/c1-5-8(6-13)10(15)9-7-16-11(14-9)12(2,3)4/h7-8,10,15H,5H2,1-4H3. The molecule has 16 heavy (non-hydrogen) atoms. The Balaban J connectivity index is 2.91.